The van der Waals surface area contributed by atoms with Crippen LogP contribution in [0, 0.1) is 0 Å². The lowest BCUT2D eigenvalue weighted by molar-refractivity contribution is -0.117. The Morgan fingerprint density at radius 3 is 2.73 bits per heavy atom. The highest BCUT2D eigenvalue weighted by Crippen LogP contribution is 2.28. The number of furan rings is 1. The number of aromatic nitrogens is 2. The summed E-state index contributed by atoms with van der Waals surface area (Å²) in [6.07, 6.45) is 2.30. The molecule has 2 aromatic heterocycles. The van der Waals surface area contributed by atoms with E-state index in [0.29, 0.717) is 15.9 Å². The van der Waals surface area contributed by atoms with Gasteiger partial charge in [0.25, 0.3) is 0 Å². The minimum Gasteiger partial charge on any atom is -0.462 e. The molecule has 0 fully saturated rings. The largest absolute Gasteiger partial charge is 0.462 e. The standard InChI is InChI=1S/C16H15N3O2S/c1-2-12(11-7-4-3-5-8-11)14(20)17-16-19-18-15(22-16)13-9-6-10-21-13/h3-10,12H,2H2,1H3,(H,17,19,20)/t12-/m1/s1. The van der Waals surface area contributed by atoms with E-state index in [0.717, 1.165) is 12.0 Å². The van der Waals surface area contributed by atoms with Crippen molar-refractivity contribution >= 4 is 22.4 Å². The summed E-state index contributed by atoms with van der Waals surface area (Å²) in [4.78, 5) is 12.4. The molecular formula is C16H15N3O2S. The van der Waals surface area contributed by atoms with Gasteiger partial charge in [-0.2, -0.15) is 0 Å². The number of carbonyl (C=O) groups excluding carboxylic acids is 1. The van der Waals surface area contributed by atoms with Crippen LogP contribution >= 0.6 is 11.3 Å². The lowest BCUT2D eigenvalue weighted by Crippen LogP contribution is -2.20. The van der Waals surface area contributed by atoms with E-state index in [2.05, 4.69) is 15.5 Å². The molecule has 2 heterocycles. The van der Waals surface area contributed by atoms with Crippen LogP contribution in [0.1, 0.15) is 24.8 Å². The number of anilines is 1. The van der Waals surface area contributed by atoms with Gasteiger partial charge in [0.05, 0.1) is 12.2 Å². The molecule has 3 aromatic rings. The molecule has 0 aliphatic heterocycles. The van der Waals surface area contributed by atoms with E-state index >= 15 is 0 Å². The molecule has 0 bridgehead atoms. The fourth-order valence-corrected chi connectivity index (χ4v) is 2.94. The Balaban J connectivity index is 1.73. The first kappa shape index (κ1) is 14.5. The van der Waals surface area contributed by atoms with Gasteiger partial charge >= 0.3 is 0 Å². The van der Waals surface area contributed by atoms with Gasteiger partial charge in [0, 0.05) is 0 Å². The summed E-state index contributed by atoms with van der Waals surface area (Å²) < 4.78 is 5.27. The predicted molar refractivity (Wildman–Crippen MR) is 85.7 cm³/mol. The lowest BCUT2D eigenvalue weighted by Gasteiger charge is -2.13. The van der Waals surface area contributed by atoms with Crippen molar-refractivity contribution in [1.82, 2.24) is 10.2 Å². The number of hydrogen-bond donors (Lipinski definition) is 1. The highest BCUT2D eigenvalue weighted by molar-refractivity contribution is 7.18. The topological polar surface area (TPSA) is 68.0 Å². The van der Waals surface area contributed by atoms with Gasteiger partial charge < -0.3 is 4.42 Å². The third-order valence-corrected chi connectivity index (χ3v) is 4.17. The minimum absolute atomic E-state index is 0.0733. The summed E-state index contributed by atoms with van der Waals surface area (Å²) in [6.45, 7) is 1.99. The van der Waals surface area contributed by atoms with Crippen molar-refractivity contribution in [3.63, 3.8) is 0 Å². The van der Waals surface area contributed by atoms with Crippen LogP contribution in [0.3, 0.4) is 0 Å². The van der Waals surface area contributed by atoms with E-state index in [1.807, 2.05) is 43.3 Å². The van der Waals surface area contributed by atoms with Crippen LogP contribution in [0.5, 0.6) is 0 Å². The van der Waals surface area contributed by atoms with Crippen molar-refractivity contribution < 1.29 is 9.21 Å². The average molecular weight is 313 g/mol. The van der Waals surface area contributed by atoms with Gasteiger partial charge in [0.15, 0.2) is 10.8 Å². The summed E-state index contributed by atoms with van der Waals surface area (Å²) in [6, 6.07) is 13.3. The van der Waals surface area contributed by atoms with E-state index in [1.165, 1.54) is 11.3 Å². The summed E-state index contributed by atoms with van der Waals surface area (Å²) in [5, 5.41) is 12.0. The van der Waals surface area contributed by atoms with Crippen molar-refractivity contribution in [2.45, 2.75) is 19.3 Å². The Hall–Kier alpha value is -2.47. The molecule has 1 N–H and O–H groups in total. The van der Waals surface area contributed by atoms with Crippen molar-refractivity contribution in [3.8, 4) is 10.8 Å². The first-order valence-electron chi connectivity index (χ1n) is 7.01. The Morgan fingerprint density at radius 2 is 2.05 bits per heavy atom. The molecule has 22 heavy (non-hydrogen) atoms. The minimum atomic E-state index is -0.197. The van der Waals surface area contributed by atoms with E-state index < -0.39 is 0 Å². The quantitative estimate of drug-likeness (QED) is 0.775. The van der Waals surface area contributed by atoms with Crippen LogP contribution in [0.4, 0.5) is 5.13 Å². The van der Waals surface area contributed by atoms with Crippen LogP contribution in [-0.2, 0) is 4.79 Å². The molecule has 1 atom stereocenters. The summed E-state index contributed by atoms with van der Waals surface area (Å²) >= 11 is 1.29. The molecule has 0 unspecified atom stereocenters. The molecule has 5 nitrogen and oxygen atoms in total. The molecule has 0 aliphatic rings. The zero-order valence-electron chi connectivity index (χ0n) is 12.0. The molecule has 0 saturated carbocycles. The number of rotatable bonds is 5. The van der Waals surface area contributed by atoms with Crippen LogP contribution in [0.15, 0.2) is 53.1 Å². The Labute approximate surface area is 132 Å². The smallest absolute Gasteiger partial charge is 0.233 e. The SMILES string of the molecule is CC[C@@H](C(=O)Nc1nnc(-c2ccco2)s1)c1ccccc1. The number of nitrogens with zero attached hydrogens (tertiary/aromatic N) is 2. The van der Waals surface area contributed by atoms with E-state index in [-0.39, 0.29) is 11.8 Å². The summed E-state index contributed by atoms with van der Waals surface area (Å²) in [5.41, 5.74) is 0.998. The van der Waals surface area contributed by atoms with Crippen LogP contribution in [-0.4, -0.2) is 16.1 Å². The zero-order valence-corrected chi connectivity index (χ0v) is 12.8. The Kier molecular flexibility index (Phi) is 4.29. The van der Waals surface area contributed by atoms with E-state index in [1.54, 1.807) is 12.3 Å². The van der Waals surface area contributed by atoms with Gasteiger partial charge in [-0.1, -0.05) is 48.6 Å². The third kappa shape index (κ3) is 3.07. The molecule has 0 spiro atoms. The summed E-state index contributed by atoms with van der Waals surface area (Å²) in [7, 11) is 0. The monoisotopic (exact) mass is 313 g/mol. The maximum atomic E-state index is 12.4. The van der Waals surface area contributed by atoms with Crippen molar-refractivity contribution in [2.75, 3.05) is 5.32 Å². The molecule has 0 aliphatic carbocycles. The van der Waals surface area contributed by atoms with Crippen LogP contribution in [0.25, 0.3) is 10.8 Å². The first-order valence-corrected chi connectivity index (χ1v) is 7.82. The number of amides is 1. The third-order valence-electron chi connectivity index (χ3n) is 3.31. The van der Waals surface area contributed by atoms with E-state index in [9.17, 15) is 4.79 Å². The van der Waals surface area contributed by atoms with Gasteiger partial charge in [-0.3, -0.25) is 10.1 Å². The number of benzene rings is 1. The Bertz CT molecular complexity index is 738. The molecule has 0 radical (unpaired) electrons. The number of carbonyl (C=O) groups is 1. The van der Waals surface area contributed by atoms with Crippen molar-refractivity contribution in [3.05, 3.63) is 54.3 Å². The van der Waals surface area contributed by atoms with Gasteiger partial charge in [-0.25, -0.2) is 0 Å². The van der Waals surface area contributed by atoms with Gasteiger partial charge in [0.1, 0.15) is 0 Å². The molecular weight excluding hydrogens is 298 g/mol. The number of hydrogen-bond acceptors (Lipinski definition) is 5. The molecule has 1 aromatic carbocycles. The van der Waals surface area contributed by atoms with Gasteiger partial charge in [0.2, 0.25) is 11.0 Å². The van der Waals surface area contributed by atoms with Crippen molar-refractivity contribution in [1.29, 1.82) is 0 Å². The first-order chi connectivity index (χ1) is 10.8. The highest BCUT2D eigenvalue weighted by atomic mass is 32.1. The molecule has 3 rings (SSSR count). The van der Waals surface area contributed by atoms with Crippen LogP contribution < -0.4 is 5.32 Å². The van der Waals surface area contributed by atoms with Crippen LogP contribution in [0.2, 0.25) is 0 Å². The zero-order chi connectivity index (χ0) is 15.4. The van der Waals surface area contributed by atoms with Crippen molar-refractivity contribution in [2.24, 2.45) is 0 Å². The lowest BCUT2D eigenvalue weighted by atomic mass is 9.96. The molecule has 1 amide bonds. The second-order valence-corrected chi connectivity index (χ2v) is 5.73. The Morgan fingerprint density at radius 1 is 1.23 bits per heavy atom. The maximum absolute atomic E-state index is 12.4. The average Bonchev–Trinajstić information content (AvgIpc) is 3.20. The van der Waals surface area contributed by atoms with Gasteiger partial charge in [-0.05, 0) is 24.1 Å². The number of nitrogens with one attached hydrogen (secondary N) is 1. The fourth-order valence-electron chi connectivity index (χ4n) is 2.22. The van der Waals surface area contributed by atoms with E-state index in [4.69, 9.17) is 4.42 Å². The predicted octanol–water partition coefficient (Wildman–Crippen LogP) is 3.93. The van der Waals surface area contributed by atoms with Gasteiger partial charge in [-0.15, -0.1) is 10.2 Å². The summed E-state index contributed by atoms with van der Waals surface area (Å²) in [5.74, 6) is 0.376. The fraction of sp³-hybridized carbons (Fsp3) is 0.188. The highest BCUT2D eigenvalue weighted by Gasteiger charge is 2.20. The second kappa shape index (κ2) is 6.53. The second-order valence-electron chi connectivity index (χ2n) is 4.75. The normalized spacial score (nSPS) is 12.0. The molecule has 112 valence electrons. The molecule has 0 saturated heterocycles. The maximum Gasteiger partial charge on any atom is 0.233 e. The molecule has 6 heteroatoms.